The molecule has 7 heteroatoms. The number of nitrogens with one attached hydrogen (secondary N) is 2. The Hall–Kier alpha value is -2.38. The number of hydrogen-bond acceptors (Lipinski definition) is 5. The summed E-state index contributed by atoms with van der Waals surface area (Å²) in [5.41, 5.74) is 7.46. The average molecular weight is 293 g/mol. The van der Waals surface area contributed by atoms with E-state index in [2.05, 4.69) is 11.9 Å². The van der Waals surface area contributed by atoms with Gasteiger partial charge >= 0.3 is 0 Å². The molecule has 0 aromatic heterocycles. The first-order chi connectivity index (χ1) is 10.0. The Morgan fingerprint density at radius 1 is 1.43 bits per heavy atom. The van der Waals surface area contributed by atoms with Crippen molar-refractivity contribution < 1.29 is 19.5 Å². The standard InChI is InChI=1S/C14H19N3O4/c1-3-11(15)12(14(19)17-20)16-13(18)9-5-7-10(8-6-9)21-4-2/h3,5-8,11-12,20H,1,4,15H2,2H3,(H,16,18)(H,17,19)/t11-,12+/m1/s1. The third-order valence-electron chi connectivity index (χ3n) is 2.76. The van der Waals surface area contributed by atoms with Crippen molar-refractivity contribution in [3.8, 4) is 5.75 Å². The maximum Gasteiger partial charge on any atom is 0.267 e. The molecule has 0 saturated heterocycles. The molecule has 1 rings (SSSR count). The minimum Gasteiger partial charge on any atom is -0.494 e. The summed E-state index contributed by atoms with van der Waals surface area (Å²) < 4.78 is 5.27. The van der Waals surface area contributed by atoms with Crippen LogP contribution in [0.1, 0.15) is 17.3 Å². The Labute approximate surface area is 122 Å². The molecule has 0 aliphatic carbocycles. The molecule has 7 nitrogen and oxygen atoms in total. The second kappa shape index (κ2) is 8.03. The van der Waals surface area contributed by atoms with E-state index in [1.165, 1.54) is 11.6 Å². The molecule has 5 N–H and O–H groups in total. The van der Waals surface area contributed by atoms with Gasteiger partial charge in [0.05, 0.1) is 12.6 Å². The van der Waals surface area contributed by atoms with Gasteiger partial charge in [0, 0.05) is 5.56 Å². The molecule has 0 bridgehead atoms. The molecule has 2 amide bonds. The van der Waals surface area contributed by atoms with Crippen molar-refractivity contribution in [2.45, 2.75) is 19.0 Å². The van der Waals surface area contributed by atoms with E-state index in [0.29, 0.717) is 17.9 Å². The van der Waals surface area contributed by atoms with Crippen molar-refractivity contribution in [3.63, 3.8) is 0 Å². The number of carbonyl (C=O) groups is 2. The van der Waals surface area contributed by atoms with Crippen LogP contribution in [-0.2, 0) is 4.79 Å². The lowest BCUT2D eigenvalue weighted by molar-refractivity contribution is -0.131. The smallest absolute Gasteiger partial charge is 0.267 e. The highest BCUT2D eigenvalue weighted by Crippen LogP contribution is 2.12. The van der Waals surface area contributed by atoms with Gasteiger partial charge in [-0.25, -0.2) is 5.48 Å². The van der Waals surface area contributed by atoms with Crippen LogP contribution in [0.5, 0.6) is 5.75 Å². The molecule has 0 fully saturated rings. The Kier molecular flexibility index (Phi) is 6.38. The molecule has 21 heavy (non-hydrogen) atoms. The predicted octanol–water partition coefficient (Wildman–Crippen LogP) is 0.202. The van der Waals surface area contributed by atoms with Gasteiger partial charge in [-0.3, -0.25) is 14.8 Å². The summed E-state index contributed by atoms with van der Waals surface area (Å²) in [6.07, 6.45) is 1.30. The van der Waals surface area contributed by atoms with Gasteiger partial charge in [-0.2, -0.15) is 0 Å². The molecule has 114 valence electrons. The van der Waals surface area contributed by atoms with Crippen LogP contribution in [0.3, 0.4) is 0 Å². The maximum absolute atomic E-state index is 12.1. The monoisotopic (exact) mass is 293 g/mol. The van der Waals surface area contributed by atoms with Gasteiger partial charge in [-0.1, -0.05) is 6.08 Å². The second-order valence-electron chi connectivity index (χ2n) is 4.20. The zero-order chi connectivity index (χ0) is 15.8. The number of rotatable bonds is 7. The lowest BCUT2D eigenvalue weighted by Crippen LogP contribution is -2.55. The first-order valence-corrected chi connectivity index (χ1v) is 6.39. The van der Waals surface area contributed by atoms with Crippen LogP contribution >= 0.6 is 0 Å². The van der Waals surface area contributed by atoms with E-state index in [0.717, 1.165) is 0 Å². The van der Waals surface area contributed by atoms with Crippen LogP contribution in [0.4, 0.5) is 0 Å². The molecule has 1 aromatic carbocycles. The fourth-order valence-corrected chi connectivity index (χ4v) is 1.64. The van der Waals surface area contributed by atoms with E-state index in [4.69, 9.17) is 15.7 Å². The van der Waals surface area contributed by atoms with E-state index in [1.807, 2.05) is 6.92 Å². The highest BCUT2D eigenvalue weighted by Gasteiger charge is 2.25. The van der Waals surface area contributed by atoms with Crippen molar-refractivity contribution in [2.24, 2.45) is 5.73 Å². The van der Waals surface area contributed by atoms with Crippen LogP contribution in [0.15, 0.2) is 36.9 Å². The van der Waals surface area contributed by atoms with Gasteiger partial charge < -0.3 is 15.8 Å². The van der Waals surface area contributed by atoms with Crippen LogP contribution < -0.4 is 21.3 Å². The van der Waals surface area contributed by atoms with Crippen molar-refractivity contribution >= 4 is 11.8 Å². The Morgan fingerprint density at radius 3 is 2.52 bits per heavy atom. The summed E-state index contributed by atoms with van der Waals surface area (Å²) in [5.74, 6) is -0.674. The third kappa shape index (κ3) is 4.59. The fourth-order valence-electron chi connectivity index (χ4n) is 1.64. The first-order valence-electron chi connectivity index (χ1n) is 6.39. The highest BCUT2D eigenvalue weighted by atomic mass is 16.5. The van der Waals surface area contributed by atoms with E-state index >= 15 is 0 Å². The van der Waals surface area contributed by atoms with Gasteiger partial charge in [-0.15, -0.1) is 6.58 Å². The van der Waals surface area contributed by atoms with Crippen LogP contribution in [-0.4, -0.2) is 35.7 Å². The Balaban J connectivity index is 2.81. The second-order valence-corrected chi connectivity index (χ2v) is 4.20. The van der Waals surface area contributed by atoms with E-state index < -0.39 is 23.9 Å². The Bertz CT molecular complexity index is 501. The molecule has 0 radical (unpaired) electrons. The summed E-state index contributed by atoms with van der Waals surface area (Å²) in [5, 5.41) is 11.1. The molecule has 0 heterocycles. The van der Waals surface area contributed by atoms with Gasteiger partial charge in [0.2, 0.25) is 0 Å². The number of hydrogen-bond donors (Lipinski definition) is 4. The minimum atomic E-state index is -1.12. The zero-order valence-corrected chi connectivity index (χ0v) is 11.7. The molecular weight excluding hydrogens is 274 g/mol. The highest BCUT2D eigenvalue weighted by molar-refractivity contribution is 5.97. The van der Waals surface area contributed by atoms with Gasteiger partial charge in [-0.05, 0) is 31.2 Å². The lowest BCUT2D eigenvalue weighted by Gasteiger charge is -2.20. The number of carbonyl (C=O) groups excluding carboxylic acids is 2. The maximum atomic E-state index is 12.1. The number of ether oxygens (including phenoxy) is 1. The van der Waals surface area contributed by atoms with Crippen LogP contribution in [0.2, 0.25) is 0 Å². The molecule has 0 aliphatic heterocycles. The van der Waals surface area contributed by atoms with Gasteiger partial charge in [0.25, 0.3) is 11.8 Å². The van der Waals surface area contributed by atoms with E-state index in [9.17, 15) is 9.59 Å². The molecule has 2 atom stereocenters. The predicted molar refractivity (Wildman–Crippen MR) is 77.0 cm³/mol. The van der Waals surface area contributed by atoms with E-state index in [1.54, 1.807) is 24.3 Å². The van der Waals surface area contributed by atoms with Crippen molar-refractivity contribution in [1.29, 1.82) is 0 Å². The summed E-state index contributed by atoms with van der Waals surface area (Å²) in [6.45, 7) is 5.84. The topological polar surface area (TPSA) is 114 Å². The lowest BCUT2D eigenvalue weighted by atomic mass is 10.1. The third-order valence-corrected chi connectivity index (χ3v) is 2.76. The molecule has 1 aromatic rings. The average Bonchev–Trinajstić information content (AvgIpc) is 2.52. The van der Waals surface area contributed by atoms with Gasteiger partial charge in [0.15, 0.2) is 0 Å². The van der Waals surface area contributed by atoms with Crippen LogP contribution in [0, 0.1) is 0 Å². The van der Waals surface area contributed by atoms with E-state index in [-0.39, 0.29) is 0 Å². The number of hydroxylamine groups is 1. The quantitative estimate of drug-likeness (QED) is 0.326. The number of amides is 2. The molecule has 0 saturated carbocycles. The SMILES string of the molecule is C=C[C@@H](N)[C@H](NC(=O)c1ccc(OCC)cc1)C(=O)NO. The molecule has 0 unspecified atom stereocenters. The first kappa shape index (κ1) is 16.7. The summed E-state index contributed by atoms with van der Waals surface area (Å²) in [6, 6.07) is 4.47. The zero-order valence-electron chi connectivity index (χ0n) is 11.7. The molecule has 0 aliphatic rings. The van der Waals surface area contributed by atoms with Crippen molar-refractivity contribution in [3.05, 3.63) is 42.5 Å². The Morgan fingerprint density at radius 2 is 2.05 bits per heavy atom. The fraction of sp³-hybridized carbons (Fsp3) is 0.286. The van der Waals surface area contributed by atoms with Crippen LogP contribution in [0.25, 0.3) is 0 Å². The normalized spacial score (nSPS) is 12.9. The number of benzene rings is 1. The summed E-state index contributed by atoms with van der Waals surface area (Å²) >= 11 is 0. The largest absolute Gasteiger partial charge is 0.494 e. The summed E-state index contributed by atoms with van der Waals surface area (Å²) in [4.78, 5) is 23.6. The number of nitrogens with two attached hydrogens (primary N) is 1. The minimum absolute atomic E-state index is 0.338. The molecular formula is C14H19N3O4. The van der Waals surface area contributed by atoms with Gasteiger partial charge in [0.1, 0.15) is 11.8 Å². The molecule has 0 spiro atoms. The van der Waals surface area contributed by atoms with Crippen molar-refractivity contribution in [1.82, 2.24) is 10.8 Å². The van der Waals surface area contributed by atoms with Crippen molar-refractivity contribution in [2.75, 3.05) is 6.61 Å². The summed E-state index contributed by atoms with van der Waals surface area (Å²) in [7, 11) is 0.